The lowest BCUT2D eigenvalue weighted by Gasteiger charge is -2.24. The summed E-state index contributed by atoms with van der Waals surface area (Å²) in [7, 11) is 1.43. The molecule has 6 nitrogen and oxygen atoms in total. The number of carbonyl (C=O) groups is 1. The SMILES string of the molecule is CO/N=C(/c1ccccc1)c1ccc(C(=O)NC(C)(C#N)COc2ccccc2C(F)(F)F)cc1. The maximum atomic E-state index is 13.2. The number of halogens is 3. The van der Waals surface area contributed by atoms with Gasteiger partial charge in [0, 0.05) is 16.7 Å². The number of nitriles is 1. The number of rotatable bonds is 8. The summed E-state index contributed by atoms with van der Waals surface area (Å²) >= 11 is 0. The molecular formula is C26H22F3N3O3. The molecule has 1 N–H and O–H groups in total. The largest absolute Gasteiger partial charge is 0.489 e. The fraction of sp³-hybridized carbons (Fsp3) is 0.192. The molecule has 0 saturated carbocycles. The monoisotopic (exact) mass is 481 g/mol. The Morgan fingerprint density at radius 3 is 2.11 bits per heavy atom. The van der Waals surface area contributed by atoms with Gasteiger partial charge in [0.25, 0.3) is 5.91 Å². The normalized spacial score (nSPS) is 13.3. The summed E-state index contributed by atoms with van der Waals surface area (Å²) < 4.78 is 44.9. The molecule has 9 heteroatoms. The van der Waals surface area contributed by atoms with Gasteiger partial charge < -0.3 is 14.9 Å². The van der Waals surface area contributed by atoms with Crippen LogP contribution in [0.25, 0.3) is 0 Å². The topological polar surface area (TPSA) is 83.7 Å². The number of oxime groups is 1. The van der Waals surface area contributed by atoms with Crippen molar-refractivity contribution in [1.82, 2.24) is 5.32 Å². The van der Waals surface area contributed by atoms with Crippen LogP contribution in [-0.2, 0) is 11.0 Å². The van der Waals surface area contributed by atoms with Crippen molar-refractivity contribution < 1.29 is 27.5 Å². The highest BCUT2D eigenvalue weighted by molar-refractivity contribution is 6.13. The number of ether oxygens (including phenoxy) is 1. The molecular weight excluding hydrogens is 459 g/mol. The van der Waals surface area contributed by atoms with E-state index in [0.29, 0.717) is 11.3 Å². The molecule has 180 valence electrons. The van der Waals surface area contributed by atoms with E-state index in [2.05, 4.69) is 10.5 Å². The molecule has 0 spiro atoms. The highest BCUT2D eigenvalue weighted by Crippen LogP contribution is 2.36. The first-order valence-electron chi connectivity index (χ1n) is 10.5. The van der Waals surface area contributed by atoms with Crippen LogP contribution in [0.4, 0.5) is 13.2 Å². The lowest BCUT2D eigenvalue weighted by molar-refractivity contribution is -0.139. The average Bonchev–Trinajstić information content (AvgIpc) is 2.86. The standard InChI is InChI=1S/C26H22F3N3O3/c1-25(16-30,17-35-22-11-7-6-10-21(22)26(27,28)29)31-24(33)20-14-12-19(13-15-20)23(32-34-2)18-8-4-3-5-9-18/h3-15H,17H2,1-2H3,(H,31,33)/b32-23-. The van der Waals surface area contributed by atoms with Crippen LogP contribution >= 0.6 is 0 Å². The first-order valence-corrected chi connectivity index (χ1v) is 10.5. The van der Waals surface area contributed by atoms with E-state index in [1.54, 1.807) is 24.3 Å². The van der Waals surface area contributed by atoms with E-state index >= 15 is 0 Å². The number of amides is 1. The maximum absolute atomic E-state index is 13.2. The second kappa shape index (κ2) is 10.7. The number of benzene rings is 3. The molecule has 3 aromatic rings. The fourth-order valence-corrected chi connectivity index (χ4v) is 3.21. The van der Waals surface area contributed by atoms with Crippen molar-refractivity contribution in [2.45, 2.75) is 18.6 Å². The van der Waals surface area contributed by atoms with Gasteiger partial charge in [0.1, 0.15) is 25.2 Å². The summed E-state index contributed by atoms with van der Waals surface area (Å²) in [5.41, 5.74) is -0.213. The van der Waals surface area contributed by atoms with E-state index in [9.17, 15) is 23.2 Å². The predicted molar refractivity (Wildman–Crippen MR) is 124 cm³/mol. The van der Waals surface area contributed by atoms with Crippen LogP contribution < -0.4 is 10.1 Å². The molecule has 1 atom stereocenters. The Morgan fingerprint density at radius 1 is 0.943 bits per heavy atom. The van der Waals surface area contributed by atoms with Gasteiger partial charge in [-0.25, -0.2) is 0 Å². The third kappa shape index (κ3) is 6.38. The Morgan fingerprint density at radius 2 is 1.51 bits per heavy atom. The first-order chi connectivity index (χ1) is 16.7. The molecule has 0 radical (unpaired) electrons. The molecule has 0 bridgehead atoms. The second-order valence-corrected chi connectivity index (χ2v) is 7.75. The Kier molecular flexibility index (Phi) is 7.76. The Balaban J connectivity index is 1.74. The van der Waals surface area contributed by atoms with E-state index in [-0.39, 0.29) is 5.56 Å². The second-order valence-electron chi connectivity index (χ2n) is 7.75. The van der Waals surface area contributed by atoms with Gasteiger partial charge >= 0.3 is 6.18 Å². The minimum absolute atomic E-state index is 0.246. The van der Waals surface area contributed by atoms with Crippen LogP contribution in [0.3, 0.4) is 0 Å². The maximum Gasteiger partial charge on any atom is 0.419 e. The summed E-state index contributed by atoms with van der Waals surface area (Å²) in [5.74, 6) is -1.01. The number of nitrogens with one attached hydrogen (secondary N) is 1. The predicted octanol–water partition coefficient (Wildman–Crippen LogP) is 5.20. The van der Waals surface area contributed by atoms with Gasteiger partial charge in [-0.3, -0.25) is 4.79 Å². The zero-order chi connectivity index (χ0) is 25.5. The smallest absolute Gasteiger partial charge is 0.419 e. The summed E-state index contributed by atoms with van der Waals surface area (Å²) in [6.07, 6.45) is -4.62. The average molecular weight is 481 g/mol. The van der Waals surface area contributed by atoms with Crippen molar-refractivity contribution in [2.75, 3.05) is 13.7 Å². The van der Waals surface area contributed by atoms with E-state index in [1.807, 2.05) is 36.4 Å². The van der Waals surface area contributed by atoms with E-state index < -0.39 is 35.5 Å². The van der Waals surface area contributed by atoms with Gasteiger partial charge in [-0.15, -0.1) is 0 Å². The lowest BCUT2D eigenvalue weighted by atomic mass is 10.0. The van der Waals surface area contributed by atoms with Gasteiger partial charge in [0.05, 0.1) is 11.6 Å². The van der Waals surface area contributed by atoms with Crippen molar-refractivity contribution in [1.29, 1.82) is 5.26 Å². The molecule has 0 fully saturated rings. The number of hydrogen-bond donors (Lipinski definition) is 1. The summed E-state index contributed by atoms with van der Waals surface area (Å²) in [6, 6.07) is 22.4. The van der Waals surface area contributed by atoms with Crippen molar-refractivity contribution in [3.05, 3.63) is 101 Å². The third-order valence-electron chi connectivity index (χ3n) is 5.00. The highest BCUT2D eigenvalue weighted by Gasteiger charge is 2.35. The van der Waals surface area contributed by atoms with E-state index in [4.69, 9.17) is 9.57 Å². The molecule has 3 rings (SSSR count). The molecule has 0 aliphatic rings. The van der Waals surface area contributed by atoms with Gasteiger partial charge in [0.15, 0.2) is 5.54 Å². The van der Waals surface area contributed by atoms with Crippen molar-refractivity contribution in [3.63, 3.8) is 0 Å². The minimum atomic E-state index is -4.62. The van der Waals surface area contributed by atoms with Crippen LogP contribution in [0.15, 0.2) is 84.0 Å². The van der Waals surface area contributed by atoms with Crippen molar-refractivity contribution in [3.8, 4) is 11.8 Å². The zero-order valence-corrected chi connectivity index (χ0v) is 19.0. The molecule has 0 aliphatic heterocycles. The number of carbonyl (C=O) groups excluding carboxylic acids is 1. The van der Waals surface area contributed by atoms with Crippen LogP contribution in [0, 0.1) is 11.3 Å². The summed E-state index contributed by atoms with van der Waals surface area (Å²) in [6.45, 7) is 0.882. The van der Waals surface area contributed by atoms with Crippen molar-refractivity contribution in [2.24, 2.45) is 5.16 Å². The molecule has 1 amide bonds. The number of alkyl halides is 3. The van der Waals surface area contributed by atoms with Crippen LogP contribution in [0.1, 0.15) is 34.0 Å². The minimum Gasteiger partial charge on any atom is -0.489 e. The molecule has 0 saturated heterocycles. The zero-order valence-electron chi connectivity index (χ0n) is 19.0. The molecule has 0 aromatic heterocycles. The molecule has 0 aliphatic carbocycles. The number of nitrogens with zero attached hydrogens (tertiary/aromatic N) is 2. The molecule has 0 heterocycles. The quantitative estimate of drug-likeness (QED) is 0.354. The summed E-state index contributed by atoms with van der Waals surface area (Å²) in [4.78, 5) is 17.7. The van der Waals surface area contributed by atoms with E-state index in [1.165, 1.54) is 26.2 Å². The summed E-state index contributed by atoms with van der Waals surface area (Å²) in [5, 5.41) is 16.2. The van der Waals surface area contributed by atoms with Crippen LogP contribution in [0.2, 0.25) is 0 Å². The number of para-hydroxylation sites is 1. The van der Waals surface area contributed by atoms with Gasteiger partial charge in [-0.2, -0.15) is 18.4 Å². The Labute approximate surface area is 200 Å². The van der Waals surface area contributed by atoms with Gasteiger partial charge in [0.2, 0.25) is 0 Å². The molecule has 35 heavy (non-hydrogen) atoms. The van der Waals surface area contributed by atoms with Crippen LogP contribution in [-0.4, -0.2) is 30.9 Å². The van der Waals surface area contributed by atoms with E-state index in [0.717, 1.165) is 17.7 Å². The number of hydrogen-bond acceptors (Lipinski definition) is 5. The van der Waals surface area contributed by atoms with Crippen molar-refractivity contribution >= 4 is 11.6 Å². The lowest BCUT2D eigenvalue weighted by Crippen LogP contribution is -2.49. The molecule has 3 aromatic carbocycles. The Bertz CT molecular complexity index is 1240. The Hall–Kier alpha value is -4.32. The fourth-order valence-electron chi connectivity index (χ4n) is 3.21. The van der Waals surface area contributed by atoms with Crippen LogP contribution in [0.5, 0.6) is 5.75 Å². The van der Waals surface area contributed by atoms with Gasteiger partial charge in [-0.05, 0) is 31.2 Å². The molecule has 1 unspecified atom stereocenters. The highest BCUT2D eigenvalue weighted by atomic mass is 19.4. The third-order valence-corrected chi connectivity index (χ3v) is 5.00. The van der Waals surface area contributed by atoms with Gasteiger partial charge in [-0.1, -0.05) is 59.8 Å². The first kappa shape index (κ1) is 25.3.